The highest BCUT2D eigenvalue weighted by atomic mass is 16.5. The lowest BCUT2D eigenvalue weighted by Crippen LogP contribution is -2.17. The van der Waals surface area contributed by atoms with Gasteiger partial charge in [-0.25, -0.2) is 0 Å². The average molecular weight is 370 g/mol. The number of hydrogen-bond donors (Lipinski definition) is 2. The van der Waals surface area contributed by atoms with Gasteiger partial charge in [0.2, 0.25) is 0 Å². The Labute approximate surface area is 162 Å². The predicted octanol–water partition coefficient (Wildman–Crippen LogP) is 3.56. The first-order valence-corrected chi connectivity index (χ1v) is 8.60. The van der Waals surface area contributed by atoms with Crippen LogP contribution >= 0.6 is 0 Å². The van der Waals surface area contributed by atoms with Crippen molar-refractivity contribution in [1.82, 2.24) is 4.98 Å². The van der Waals surface area contributed by atoms with Gasteiger partial charge >= 0.3 is 0 Å². The number of aromatic nitrogens is 1. The quantitative estimate of drug-likeness (QED) is 0.728. The van der Waals surface area contributed by atoms with E-state index >= 15 is 0 Å². The van der Waals surface area contributed by atoms with Crippen LogP contribution in [0, 0.1) is 36.5 Å². The van der Waals surface area contributed by atoms with Crippen LogP contribution in [0.5, 0.6) is 5.75 Å². The summed E-state index contributed by atoms with van der Waals surface area (Å²) >= 11 is 0. The number of nitrogen functional groups attached to an aromatic ring is 1. The molecule has 0 aliphatic carbocycles. The number of ether oxygens (including phenoxy) is 1. The van der Waals surface area contributed by atoms with E-state index in [1.54, 1.807) is 0 Å². The maximum Gasteiger partial charge on any atom is 0.268 e. The molecule has 0 radical (unpaired) electrons. The standard InChI is InChI=1S/C22H18N4O2/c1-13-8-16(28-12-15-6-4-3-5-7-15)9-14(2)19(13)20-17(10-23)21(25)26-22(27)18(20)11-24/h3-9H,12H2,1-2H3,(H3,25,26,27). The van der Waals surface area contributed by atoms with Crippen molar-refractivity contribution in [2.75, 3.05) is 5.73 Å². The van der Waals surface area contributed by atoms with E-state index in [4.69, 9.17) is 10.5 Å². The maximum atomic E-state index is 12.2. The van der Waals surface area contributed by atoms with E-state index < -0.39 is 5.56 Å². The number of anilines is 1. The second-order valence-electron chi connectivity index (χ2n) is 6.42. The lowest BCUT2D eigenvalue weighted by molar-refractivity contribution is 0.306. The highest BCUT2D eigenvalue weighted by Crippen LogP contribution is 2.35. The fraction of sp³-hybridized carbons (Fsp3) is 0.136. The van der Waals surface area contributed by atoms with Gasteiger partial charge in [0.25, 0.3) is 5.56 Å². The van der Waals surface area contributed by atoms with Gasteiger partial charge in [-0.1, -0.05) is 30.3 Å². The number of benzene rings is 2. The van der Waals surface area contributed by atoms with Gasteiger partial charge in [-0.3, -0.25) is 4.79 Å². The van der Waals surface area contributed by atoms with Crippen LogP contribution in [0.2, 0.25) is 0 Å². The summed E-state index contributed by atoms with van der Waals surface area (Å²) in [6.45, 7) is 4.11. The number of nitrogens with two attached hydrogens (primary N) is 1. The summed E-state index contributed by atoms with van der Waals surface area (Å²) in [4.78, 5) is 14.6. The van der Waals surface area contributed by atoms with Gasteiger partial charge in [-0.15, -0.1) is 0 Å². The van der Waals surface area contributed by atoms with Gasteiger partial charge in [-0.2, -0.15) is 10.5 Å². The van der Waals surface area contributed by atoms with Crippen molar-refractivity contribution in [3.63, 3.8) is 0 Å². The molecule has 0 aliphatic heterocycles. The molecule has 1 heterocycles. The average Bonchev–Trinajstić information content (AvgIpc) is 2.67. The van der Waals surface area contributed by atoms with Crippen LogP contribution in [0.1, 0.15) is 27.8 Å². The van der Waals surface area contributed by atoms with Crippen LogP contribution in [0.4, 0.5) is 5.82 Å². The molecule has 0 spiro atoms. The van der Waals surface area contributed by atoms with Crippen LogP contribution in [-0.4, -0.2) is 4.98 Å². The number of H-pyrrole nitrogens is 1. The number of rotatable bonds is 4. The van der Waals surface area contributed by atoms with Crippen molar-refractivity contribution in [1.29, 1.82) is 10.5 Å². The van der Waals surface area contributed by atoms with E-state index in [0.717, 1.165) is 16.7 Å². The summed E-state index contributed by atoms with van der Waals surface area (Å²) < 4.78 is 5.88. The predicted molar refractivity (Wildman–Crippen MR) is 107 cm³/mol. The maximum absolute atomic E-state index is 12.2. The highest BCUT2D eigenvalue weighted by molar-refractivity contribution is 5.84. The second kappa shape index (κ2) is 7.69. The molecule has 0 aliphatic rings. The fourth-order valence-electron chi connectivity index (χ4n) is 3.24. The molecule has 6 heteroatoms. The summed E-state index contributed by atoms with van der Waals surface area (Å²) in [5.41, 5.74) is 8.66. The number of pyridine rings is 1. The van der Waals surface area contributed by atoms with E-state index in [1.807, 2.05) is 68.5 Å². The van der Waals surface area contributed by atoms with E-state index in [0.29, 0.717) is 17.9 Å². The van der Waals surface area contributed by atoms with Gasteiger partial charge < -0.3 is 15.5 Å². The first-order chi connectivity index (χ1) is 13.5. The van der Waals surface area contributed by atoms with E-state index in [2.05, 4.69) is 4.98 Å². The van der Waals surface area contributed by atoms with Crippen LogP contribution in [-0.2, 0) is 6.61 Å². The molecule has 28 heavy (non-hydrogen) atoms. The van der Waals surface area contributed by atoms with Crippen molar-refractivity contribution in [2.24, 2.45) is 0 Å². The topological polar surface area (TPSA) is 116 Å². The third kappa shape index (κ3) is 3.44. The highest BCUT2D eigenvalue weighted by Gasteiger charge is 2.21. The minimum absolute atomic E-state index is 0.0512. The number of hydrogen-bond acceptors (Lipinski definition) is 5. The smallest absolute Gasteiger partial charge is 0.268 e. The molecule has 3 N–H and O–H groups in total. The Morgan fingerprint density at radius 3 is 2.18 bits per heavy atom. The summed E-state index contributed by atoms with van der Waals surface area (Å²) in [7, 11) is 0. The Kier molecular flexibility index (Phi) is 5.15. The van der Waals surface area contributed by atoms with Gasteiger partial charge in [0.1, 0.15) is 41.4 Å². The van der Waals surface area contributed by atoms with Crippen LogP contribution in [0.25, 0.3) is 11.1 Å². The second-order valence-corrected chi connectivity index (χ2v) is 6.42. The Hall–Kier alpha value is -4.03. The molecule has 0 bridgehead atoms. The minimum Gasteiger partial charge on any atom is -0.489 e. The van der Waals surface area contributed by atoms with Crippen molar-refractivity contribution in [3.05, 3.63) is 80.6 Å². The SMILES string of the molecule is Cc1cc(OCc2ccccc2)cc(C)c1-c1c(C#N)c(N)[nH]c(=O)c1C#N. The van der Waals surface area contributed by atoms with E-state index in [9.17, 15) is 15.3 Å². The Morgan fingerprint density at radius 1 is 1.00 bits per heavy atom. The van der Waals surface area contributed by atoms with E-state index in [1.165, 1.54) is 0 Å². The van der Waals surface area contributed by atoms with Crippen molar-refractivity contribution in [3.8, 4) is 29.0 Å². The molecule has 0 fully saturated rings. The Morgan fingerprint density at radius 2 is 1.61 bits per heavy atom. The molecule has 0 atom stereocenters. The van der Waals surface area contributed by atoms with Crippen molar-refractivity contribution in [2.45, 2.75) is 20.5 Å². The zero-order valence-electron chi connectivity index (χ0n) is 15.5. The summed E-state index contributed by atoms with van der Waals surface area (Å²) in [6, 6.07) is 17.3. The van der Waals surface area contributed by atoms with Crippen molar-refractivity contribution < 1.29 is 4.74 Å². The third-order valence-electron chi connectivity index (χ3n) is 4.47. The van der Waals surface area contributed by atoms with Gasteiger partial charge in [0, 0.05) is 5.56 Å². The molecule has 0 saturated carbocycles. The van der Waals surface area contributed by atoms with E-state index in [-0.39, 0.29) is 22.5 Å². The van der Waals surface area contributed by atoms with Crippen LogP contribution < -0.4 is 16.0 Å². The minimum atomic E-state index is -0.614. The molecule has 6 nitrogen and oxygen atoms in total. The monoisotopic (exact) mass is 370 g/mol. The zero-order valence-corrected chi connectivity index (χ0v) is 15.5. The summed E-state index contributed by atoms with van der Waals surface area (Å²) in [5, 5.41) is 19.0. The molecular formula is C22H18N4O2. The molecule has 138 valence electrons. The van der Waals surface area contributed by atoms with Crippen LogP contribution in [0.3, 0.4) is 0 Å². The summed E-state index contributed by atoms with van der Waals surface area (Å²) in [6.07, 6.45) is 0. The van der Waals surface area contributed by atoms with Gasteiger partial charge in [0.05, 0.1) is 0 Å². The first kappa shape index (κ1) is 18.8. The van der Waals surface area contributed by atoms with Gasteiger partial charge in [-0.05, 0) is 48.2 Å². The third-order valence-corrected chi connectivity index (χ3v) is 4.47. The molecule has 3 rings (SSSR count). The number of aryl methyl sites for hydroxylation is 2. The number of nitriles is 2. The first-order valence-electron chi connectivity index (χ1n) is 8.60. The lowest BCUT2D eigenvalue weighted by atomic mass is 9.90. The number of nitrogens with zero attached hydrogens (tertiary/aromatic N) is 2. The molecule has 2 aromatic carbocycles. The van der Waals surface area contributed by atoms with Crippen molar-refractivity contribution >= 4 is 5.82 Å². The van der Waals surface area contributed by atoms with Crippen LogP contribution in [0.15, 0.2) is 47.3 Å². The zero-order chi connectivity index (χ0) is 20.3. The molecule has 0 amide bonds. The Bertz CT molecular complexity index is 1160. The summed E-state index contributed by atoms with van der Waals surface area (Å²) in [5.74, 6) is 0.613. The largest absolute Gasteiger partial charge is 0.489 e. The molecular weight excluding hydrogens is 352 g/mol. The molecule has 1 aromatic heterocycles. The number of nitrogens with one attached hydrogen (secondary N) is 1. The Balaban J connectivity index is 2.09. The van der Waals surface area contributed by atoms with Gasteiger partial charge in [0.15, 0.2) is 0 Å². The molecule has 3 aromatic rings. The lowest BCUT2D eigenvalue weighted by Gasteiger charge is -2.16. The molecule has 0 saturated heterocycles. The normalized spacial score (nSPS) is 10.1. The fourth-order valence-corrected chi connectivity index (χ4v) is 3.24. The number of aromatic amines is 1. The molecule has 0 unspecified atom stereocenters.